The fourth-order valence-corrected chi connectivity index (χ4v) is 10.3. The molecular formula is C36H42N10O6S2. The summed E-state index contributed by atoms with van der Waals surface area (Å²) >= 11 is 0. The average molecular weight is 775 g/mol. The van der Waals surface area contributed by atoms with Crippen molar-refractivity contribution < 1.29 is 27.5 Å². The molecular weight excluding hydrogens is 733 g/mol. The summed E-state index contributed by atoms with van der Waals surface area (Å²) in [5, 5.41) is 25.9. The summed E-state index contributed by atoms with van der Waals surface area (Å²) in [5.74, 6) is 0.685. The molecule has 2 aromatic carbocycles. The standard InChI is InChI=1S/2C18H21N5O3S/c2*19-27(25,15-10-20-23-7-2-8-26-17(15)23)22-18(24)21-16-13-4-1-3-11(13)9-12-5-6-14(12)16/h2*9-10H,1-8H2,(H3,19,21,22,24,25). The van der Waals surface area contributed by atoms with Crippen LogP contribution < -0.4 is 30.4 Å². The third-order valence-corrected chi connectivity index (χ3v) is 13.7. The van der Waals surface area contributed by atoms with Crippen molar-refractivity contribution in [3.63, 3.8) is 0 Å². The van der Waals surface area contributed by atoms with Gasteiger partial charge in [-0.1, -0.05) is 12.1 Å². The summed E-state index contributed by atoms with van der Waals surface area (Å²) in [6.45, 7) is 2.34. The van der Waals surface area contributed by atoms with Crippen LogP contribution in [0.5, 0.6) is 11.8 Å². The lowest BCUT2D eigenvalue weighted by atomic mass is 9.83. The molecule has 0 spiro atoms. The lowest BCUT2D eigenvalue weighted by Crippen LogP contribution is -2.22. The maximum Gasteiger partial charge on any atom is 0.354 e. The van der Waals surface area contributed by atoms with Gasteiger partial charge in [-0.05, 0) is 109 Å². The van der Waals surface area contributed by atoms with Crippen molar-refractivity contribution in [1.82, 2.24) is 19.6 Å². The van der Waals surface area contributed by atoms with E-state index in [4.69, 9.17) is 19.8 Å². The summed E-state index contributed by atoms with van der Waals surface area (Å²) in [7, 11) is -6.88. The van der Waals surface area contributed by atoms with E-state index in [9.17, 15) is 18.0 Å². The lowest BCUT2D eigenvalue weighted by Gasteiger charge is -2.25. The number of hydrogen-bond acceptors (Lipinski definition) is 8. The predicted molar refractivity (Wildman–Crippen MR) is 201 cm³/mol. The largest absolute Gasteiger partial charge is 0.477 e. The SMILES string of the molecule is NS(=O)(=NC(=O)Nc1c2c(cc3c1CC3)CCC2)c1cnn2c1OCCC2.NS(=O)(=NC(=O)Nc1c2c(cc3c1CC3)CCC2)c1cnn2c1OCCC2. The van der Waals surface area contributed by atoms with Gasteiger partial charge in [0, 0.05) is 37.3 Å². The summed E-state index contributed by atoms with van der Waals surface area (Å²) in [6, 6.07) is 3.15. The number of rotatable bonds is 4. The molecule has 4 amide bonds. The molecule has 4 aliphatic carbocycles. The number of anilines is 2. The van der Waals surface area contributed by atoms with Gasteiger partial charge >= 0.3 is 12.1 Å². The number of nitrogens with two attached hydrogens (primary N) is 2. The van der Waals surface area contributed by atoms with Crippen molar-refractivity contribution in [3.05, 3.63) is 69.0 Å². The van der Waals surface area contributed by atoms with E-state index in [0.29, 0.717) is 38.1 Å². The fourth-order valence-electron chi connectivity index (χ4n) is 8.28. The van der Waals surface area contributed by atoms with Gasteiger partial charge in [-0.25, -0.2) is 37.6 Å². The van der Waals surface area contributed by atoms with Crippen molar-refractivity contribution in [2.75, 3.05) is 23.8 Å². The molecule has 54 heavy (non-hydrogen) atoms. The van der Waals surface area contributed by atoms with Crippen LogP contribution >= 0.6 is 0 Å². The van der Waals surface area contributed by atoms with E-state index in [1.54, 1.807) is 9.36 Å². The molecule has 2 aromatic heterocycles. The van der Waals surface area contributed by atoms with Crippen LogP contribution in [-0.2, 0) is 84.3 Å². The minimum Gasteiger partial charge on any atom is -0.477 e. The molecule has 4 aromatic rings. The summed E-state index contributed by atoms with van der Waals surface area (Å²) in [6.07, 6.45) is 14.5. The molecule has 284 valence electrons. The quantitative estimate of drug-likeness (QED) is 0.233. The number of aromatic nitrogens is 4. The summed E-state index contributed by atoms with van der Waals surface area (Å²) < 4.78 is 47.7. The zero-order chi connectivity index (χ0) is 37.2. The van der Waals surface area contributed by atoms with Gasteiger partial charge in [-0.3, -0.25) is 0 Å². The zero-order valence-corrected chi connectivity index (χ0v) is 31.4. The van der Waals surface area contributed by atoms with E-state index in [2.05, 4.69) is 41.7 Å². The third-order valence-electron chi connectivity index (χ3n) is 11.0. The van der Waals surface area contributed by atoms with Crippen LogP contribution in [0, 0.1) is 0 Å². The number of nitrogens with zero attached hydrogens (tertiary/aromatic N) is 6. The van der Waals surface area contributed by atoms with Crippen molar-refractivity contribution in [2.45, 2.75) is 99.9 Å². The molecule has 0 radical (unpaired) electrons. The Hall–Kier alpha value is -4.78. The number of carbonyl (C=O) groups is 2. The van der Waals surface area contributed by atoms with Gasteiger partial charge in [0.15, 0.2) is 19.8 Å². The number of hydrogen-bond donors (Lipinski definition) is 4. The Balaban J connectivity index is 0.000000142. The van der Waals surface area contributed by atoms with E-state index in [0.717, 1.165) is 88.4 Å². The molecule has 2 aliphatic heterocycles. The highest BCUT2D eigenvalue weighted by atomic mass is 32.2. The molecule has 0 saturated carbocycles. The fraction of sp³-hybridized carbons (Fsp3) is 0.444. The maximum atomic E-state index is 12.9. The highest BCUT2D eigenvalue weighted by Gasteiger charge is 2.30. The van der Waals surface area contributed by atoms with Crippen LogP contribution in [0.15, 0.2) is 43.0 Å². The van der Waals surface area contributed by atoms with Crippen LogP contribution in [0.4, 0.5) is 21.0 Å². The van der Waals surface area contributed by atoms with Crippen LogP contribution in [0.2, 0.25) is 0 Å². The minimum absolute atomic E-state index is 0.170. The average Bonchev–Trinajstić information content (AvgIpc) is 3.93. The Bertz CT molecular complexity index is 2330. The number of aryl methyl sites for hydroxylation is 6. The number of urea groups is 2. The van der Waals surface area contributed by atoms with E-state index in [1.165, 1.54) is 56.9 Å². The number of carbonyl (C=O) groups excluding carboxylic acids is 2. The molecule has 4 heterocycles. The second-order valence-corrected chi connectivity index (χ2v) is 17.9. The normalized spacial score (nSPS) is 19.0. The highest BCUT2D eigenvalue weighted by molar-refractivity contribution is 7.92. The van der Waals surface area contributed by atoms with E-state index in [1.807, 2.05) is 0 Å². The number of nitrogens with one attached hydrogen (secondary N) is 2. The second kappa shape index (κ2) is 13.5. The molecule has 18 heteroatoms. The summed E-state index contributed by atoms with van der Waals surface area (Å²) in [4.78, 5) is 25.5. The smallest absolute Gasteiger partial charge is 0.354 e. The molecule has 6 N–H and O–H groups in total. The molecule has 10 rings (SSSR count). The third kappa shape index (κ3) is 6.23. The number of amides is 4. The van der Waals surface area contributed by atoms with Gasteiger partial charge in [-0.15, -0.1) is 8.73 Å². The molecule has 2 unspecified atom stereocenters. The Kier molecular flexibility index (Phi) is 8.74. The van der Waals surface area contributed by atoms with Gasteiger partial charge in [0.05, 0.1) is 25.6 Å². The Morgan fingerprint density at radius 1 is 0.611 bits per heavy atom. The van der Waals surface area contributed by atoms with Crippen LogP contribution in [-0.4, -0.2) is 53.3 Å². The number of ether oxygens (including phenoxy) is 2. The number of benzene rings is 2. The monoisotopic (exact) mass is 774 g/mol. The first-order chi connectivity index (χ1) is 26.1. The molecule has 0 bridgehead atoms. The maximum absolute atomic E-state index is 12.9. The summed E-state index contributed by atoms with van der Waals surface area (Å²) in [5.41, 5.74) is 11.6. The second-order valence-electron chi connectivity index (χ2n) is 14.4. The lowest BCUT2D eigenvalue weighted by molar-refractivity contribution is 0.224. The molecule has 6 aliphatic rings. The Morgan fingerprint density at radius 2 is 1.02 bits per heavy atom. The first-order valence-electron chi connectivity index (χ1n) is 18.5. The van der Waals surface area contributed by atoms with Gasteiger partial charge in [-0.2, -0.15) is 10.2 Å². The Morgan fingerprint density at radius 3 is 1.43 bits per heavy atom. The van der Waals surface area contributed by atoms with Crippen LogP contribution in [0.1, 0.15) is 70.2 Å². The first-order valence-corrected chi connectivity index (χ1v) is 21.6. The van der Waals surface area contributed by atoms with Gasteiger partial charge in [0.1, 0.15) is 9.79 Å². The molecule has 0 saturated heterocycles. The number of fused-ring (bicyclic) bond motifs is 6. The van der Waals surface area contributed by atoms with Crippen molar-refractivity contribution >= 4 is 43.3 Å². The van der Waals surface area contributed by atoms with Crippen LogP contribution in [0.25, 0.3) is 0 Å². The topological polar surface area (TPSA) is 223 Å². The van der Waals surface area contributed by atoms with Crippen molar-refractivity contribution in [2.24, 2.45) is 19.0 Å². The van der Waals surface area contributed by atoms with Crippen molar-refractivity contribution in [3.8, 4) is 11.8 Å². The molecule has 0 fully saturated rings. The minimum atomic E-state index is -3.44. The van der Waals surface area contributed by atoms with E-state index in [-0.39, 0.29) is 9.79 Å². The van der Waals surface area contributed by atoms with E-state index >= 15 is 0 Å². The van der Waals surface area contributed by atoms with E-state index < -0.39 is 31.9 Å². The zero-order valence-electron chi connectivity index (χ0n) is 29.7. The van der Waals surface area contributed by atoms with Crippen molar-refractivity contribution in [1.29, 1.82) is 0 Å². The van der Waals surface area contributed by atoms with Gasteiger partial charge in [0.2, 0.25) is 11.8 Å². The molecule has 16 nitrogen and oxygen atoms in total. The molecule has 2 atom stereocenters. The first kappa shape index (κ1) is 35.0. The van der Waals surface area contributed by atoms with Gasteiger partial charge < -0.3 is 20.1 Å². The Labute approximate surface area is 313 Å². The van der Waals surface area contributed by atoms with Crippen LogP contribution in [0.3, 0.4) is 0 Å². The van der Waals surface area contributed by atoms with Gasteiger partial charge in [0.25, 0.3) is 0 Å². The predicted octanol–water partition coefficient (Wildman–Crippen LogP) is 4.37. The highest BCUT2D eigenvalue weighted by Crippen LogP contribution is 2.41.